The standard InChI is InChI=1S/C11H15F2N3O3/c1-5-15-9(14)6(12)3-16(5)10-11(2,13)8(18)7(4-17)19-10/h3,7-8,10,17-18H,1,4H2,2H3,(H2,14,15)/t7-,8+,10-,11?/m1/s1. The van der Waals surface area contributed by atoms with Gasteiger partial charge >= 0.3 is 0 Å². The van der Waals surface area contributed by atoms with Crippen molar-refractivity contribution in [3.8, 4) is 0 Å². The van der Waals surface area contributed by atoms with Gasteiger partial charge in [-0.3, -0.25) is 0 Å². The Hall–Kier alpha value is -1.51. The van der Waals surface area contributed by atoms with Gasteiger partial charge in [-0.15, -0.1) is 0 Å². The number of nitrogens with zero attached hydrogens (tertiary/aromatic N) is 2. The molecule has 0 spiro atoms. The fourth-order valence-electron chi connectivity index (χ4n) is 2.08. The molecule has 2 rings (SSSR count). The molecule has 4 N–H and O–H groups in total. The summed E-state index contributed by atoms with van der Waals surface area (Å²) in [4.78, 5) is 4.63. The van der Waals surface area contributed by atoms with E-state index in [0.717, 1.165) is 18.0 Å². The number of aliphatic hydroxyl groups is 2. The Morgan fingerprint density at radius 3 is 2.84 bits per heavy atom. The number of rotatable bonds is 2. The minimum atomic E-state index is -2.23. The molecular weight excluding hydrogens is 260 g/mol. The molecule has 0 aromatic rings. The molecule has 1 saturated heterocycles. The Balaban J connectivity index is 2.31. The smallest absolute Gasteiger partial charge is 0.181 e. The molecule has 0 aliphatic carbocycles. The van der Waals surface area contributed by atoms with E-state index in [1.54, 1.807) is 0 Å². The van der Waals surface area contributed by atoms with Crippen LogP contribution in [0.2, 0.25) is 0 Å². The normalized spacial score (nSPS) is 39.3. The van der Waals surface area contributed by atoms with Crippen molar-refractivity contribution in [2.24, 2.45) is 10.7 Å². The summed E-state index contributed by atoms with van der Waals surface area (Å²) in [5, 5.41) is 18.7. The summed E-state index contributed by atoms with van der Waals surface area (Å²) >= 11 is 0. The number of aliphatic hydroxyl groups excluding tert-OH is 2. The second kappa shape index (κ2) is 4.55. The van der Waals surface area contributed by atoms with Gasteiger partial charge in [0.05, 0.1) is 6.61 Å². The van der Waals surface area contributed by atoms with Crippen molar-refractivity contribution < 1.29 is 23.7 Å². The van der Waals surface area contributed by atoms with Crippen molar-refractivity contribution in [3.05, 3.63) is 24.4 Å². The SMILES string of the molecule is C=C1N=C(N)C(F)=CN1[C@@H]1O[C@H](CO)[C@H](O)C1(C)F. The third-order valence-corrected chi connectivity index (χ3v) is 3.19. The van der Waals surface area contributed by atoms with Crippen LogP contribution < -0.4 is 5.73 Å². The zero-order valence-corrected chi connectivity index (χ0v) is 10.3. The van der Waals surface area contributed by atoms with E-state index in [1.807, 2.05) is 0 Å². The van der Waals surface area contributed by atoms with Crippen LogP contribution in [-0.4, -0.2) is 51.7 Å². The number of hydrogen-bond acceptors (Lipinski definition) is 6. The number of amidine groups is 1. The van der Waals surface area contributed by atoms with Crippen LogP contribution in [0.15, 0.2) is 29.4 Å². The summed E-state index contributed by atoms with van der Waals surface area (Å²) in [5.74, 6) is -1.23. The monoisotopic (exact) mass is 275 g/mol. The molecule has 1 unspecified atom stereocenters. The summed E-state index contributed by atoms with van der Waals surface area (Å²) in [6, 6.07) is 0. The predicted molar refractivity (Wildman–Crippen MR) is 63.1 cm³/mol. The van der Waals surface area contributed by atoms with Crippen LogP contribution in [-0.2, 0) is 4.74 Å². The predicted octanol–water partition coefficient (Wildman–Crippen LogP) is -0.252. The Kier molecular flexibility index (Phi) is 3.33. The maximum atomic E-state index is 14.5. The largest absolute Gasteiger partial charge is 0.394 e. The van der Waals surface area contributed by atoms with Crippen molar-refractivity contribution in [1.82, 2.24) is 4.90 Å². The fourth-order valence-corrected chi connectivity index (χ4v) is 2.08. The van der Waals surface area contributed by atoms with Crippen LogP contribution >= 0.6 is 0 Å². The van der Waals surface area contributed by atoms with Gasteiger partial charge in [0.15, 0.2) is 23.6 Å². The van der Waals surface area contributed by atoms with Gasteiger partial charge < -0.3 is 25.6 Å². The average molecular weight is 275 g/mol. The van der Waals surface area contributed by atoms with Crippen molar-refractivity contribution in [3.63, 3.8) is 0 Å². The second-order valence-electron chi connectivity index (χ2n) is 4.60. The zero-order chi connectivity index (χ0) is 14.4. The van der Waals surface area contributed by atoms with Gasteiger partial charge in [0.25, 0.3) is 0 Å². The fraction of sp³-hybridized carbons (Fsp3) is 0.545. The Morgan fingerprint density at radius 1 is 1.68 bits per heavy atom. The van der Waals surface area contributed by atoms with Crippen LogP contribution in [0.4, 0.5) is 8.78 Å². The molecular formula is C11H15F2N3O3. The highest BCUT2D eigenvalue weighted by Crippen LogP contribution is 2.38. The number of hydrogen-bond donors (Lipinski definition) is 3. The first-order valence-electron chi connectivity index (χ1n) is 5.61. The van der Waals surface area contributed by atoms with Crippen molar-refractivity contribution in [2.75, 3.05) is 6.61 Å². The number of nitrogens with two attached hydrogens (primary N) is 1. The first-order chi connectivity index (χ1) is 8.78. The molecule has 4 atom stereocenters. The Bertz CT molecular complexity index is 464. The summed E-state index contributed by atoms with van der Waals surface area (Å²) in [5.41, 5.74) is 3.05. The van der Waals surface area contributed by atoms with Gasteiger partial charge in [-0.2, -0.15) is 0 Å². The quantitative estimate of drug-likeness (QED) is 0.646. The molecule has 0 aromatic heterocycles. The molecule has 0 radical (unpaired) electrons. The highest BCUT2D eigenvalue weighted by Gasteiger charge is 2.56. The summed E-state index contributed by atoms with van der Waals surface area (Å²) in [7, 11) is 0. The maximum Gasteiger partial charge on any atom is 0.181 e. The van der Waals surface area contributed by atoms with Gasteiger partial charge in [-0.25, -0.2) is 13.8 Å². The molecule has 0 saturated carbocycles. The van der Waals surface area contributed by atoms with Gasteiger partial charge in [0.2, 0.25) is 0 Å². The summed E-state index contributed by atoms with van der Waals surface area (Å²) in [6.07, 6.45) is -3.10. The van der Waals surface area contributed by atoms with Crippen LogP contribution in [0.1, 0.15) is 6.92 Å². The van der Waals surface area contributed by atoms with E-state index >= 15 is 0 Å². The lowest BCUT2D eigenvalue weighted by Gasteiger charge is -2.34. The maximum absolute atomic E-state index is 14.5. The van der Waals surface area contributed by atoms with E-state index in [2.05, 4.69) is 11.6 Å². The molecule has 8 heteroatoms. The highest BCUT2D eigenvalue weighted by molar-refractivity contribution is 5.96. The molecule has 0 amide bonds. The number of ether oxygens (including phenoxy) is 1. The molecule has 1 fully saturated rings. The van der Waals surface area contributed by atoms with Gasteiger partial charge in [-0.1, -0.05) is 6.58 Å². The molecule has 0 aromatic carbocycles. The topological polar surface area (TPSA) is 91.3 Å². The summed E-state index contributed by atoms with van der Waals surface area (Å²) < 4.78 is 33.1. The number of alkyl halides is 1. The molecule has 2 aliphatic heterocycles. The van der Waals surface area contributed by atoms with Crippen molar-refractivity contribution in [2.45, 2.75) is 31.0 Å². The molecule has 2 heterocycles. The van der Waals surface area contributed by atoms with E-state index in [9.17, 15) is 13.9 Å². The third-order valence-electron chi connectivity index (χ3n) is 3.19. The molecule has 106 valence electrons. The number of halogens is 2. The van der Waals surface area contributed by atoms with E-state index in [4.69, 9.17) is 15.6 Å². The van der Waals surface area contributed by atoms with Crippen LogP contribution in [0.5, 0.6) is 0 Å². The van der Waals surface area contributed by atoms with Crippen LogP contribution in [0.3, 0.4) is 0 Å². The lowest BCUT2D eigenvalue weighted by Crippen LogP contribution is -2.48. The number of aliphatic imine (C=N–C) groups is 1. The first kappa shape index (κ1) is 13.9. The minimum absolute atomic E-state index is 0.0152. The van der Waals surface area contributed by atoms with Gasteiger partial charge in [-0.05, 0) is 6.92 Å². The highest BCUT2D eigenvalue weighted by atomic mass is 19.1. The Morgan fingerprint density at radius 2 is 2.32 bits per heavy atom. The second-order valence-corrected chi connectivity index (χ2v) is 4.60. The van der Waals surface area contributed by atoms with E-state index < -0.39 is 36.5 Å². The third kappa shape index (κ3) is 2.11. The molecule has 6 nitrogen and oxygen atoms in total. The van der Waals surface area contributed by atoms with E-state index in [1.165, 1.54) is 0 Å². The van der Waals surface area contributed by atoms with E-state index in [0.29, 0.717) is 0 Å². The van der Waals surface area contributed by atoms with Crippen molar-refractivity contribution in [1.29, 1.82) is 0 Å². The van der Waals surface area contributed by atoms with Crippen molar-refractivity contribution >= 4 is 5.84 Å². The lowest BCUT2D eigenvalue weighted by atomic mass is 9.98. The van der Waals surface area contributed by atoms with Gasteiger partial charge in [0.1, 0.15) is 18.0 Å². The molecule has 2 aliphatic rings. The van der Waals surface area contributed by atoms with E-state index in [-0.39, 0.29) is 11.7 Å². The lowest BCUT2D eigenvalue weighted by molar-refractivity contribution is -0.0771. The summed E-state index contributed by atoms with van der Waals surface area (Å²) in [6.45, 7) is 4.06. The van der Waals surface area contributed by atoms with Gasteiger partial charge in [0, 0.05) is 6.20 Å². The first-order valence-corrected chi connectivity index (χ1v) is 5.61. The zero-order valence-electron chi connectivity index (χ0n) is 10.3. The van der Waals surface area contributed by atoms with Crippen LogP contribution in [0, 0.1) is 0 Å². The molecule has 0 bridgehead atoms. The Labute approximate surface area is 108 Å². The minimum Gasteiger partial charge on any atom is -0.394 e. The average Bonchev–Trinajstić information content (AvgIpc) is 2.56. The van der Waals surface area contributed by atoms with Crippen LogP contribution in [0.25, 0.3) is 0 Å². The molecule has 19 heavy (non-hydrogen) atoms.